The fourth-order valence-corrected chi connectivity index (χ4v) is 5.11. The maximum Gasteiger partial charge on any atom is 0.246 e. The Morgan fingerprint density at radius 1 is 1.14 bits per heavy atom. The highest BCUT2D eigenvalue weighted by Gasteiger charge is 2.36. The number of rotatable bonds is 5. The first-order chi connectivity index (χ1) is 13.7. The maximum atomic E-state index is 13.7. The Kier molecular flexibility index (Phi) is 6.18. The summed E-state index contributed by atoms with van der Waals surface area (Å²) in [5.74, 6) is -1.88. The number of hydrogen-bond donors (Lipinski definition) is 0. The van der Waals surface area contributed by atoms with E-state index in [1.165, 1.54) is 46.6 Å². The molecular formula is C20H22F2N2O4S. The van der Waals surface area contributed by atoms with Crippen LogP contribution in [0, 0.1) is 17.6 Å². The fourth-order valence-electron chi connectivity index (χ4n) is 3.42. The molecule has 0 N–H and O–H groups in total. The van der Waals surface area contributed by atoms with Crippen LogP contribution in [0.15, 0.2) is 47.4 Å². The fraction of sp³-hybridized carbons (Fsp3) is 0.350. The van der Waals surface area contributed by atoms with Crippen LogP contribution in [0.4, 0.5) is 14.5 Å². The average Bonchev–Trinajstić information content (AvgIpc) is 2.73. The van der Waals surface area contributed by atoms with Crippen molar-refractivity contribution in [3.63, 3.8) is 0 Å². The number of halogens is 2. The zero-order valence-corrected chi connectivity index (χ0v) is 17.0. The van der Waals surface area contributed by atoms with Gasteiger partial charge in [0.25, 0.3) is 0 Å². The number of amides is 1. The molecule has 6 nitrogen and oxygen atoms in total. The van der Waals surface area contributed by atoms with Crippen molar-refractivity contribution in [3.8, 4) is 5.75 Å². The molecule has 1 aliphatic heterocycles. The molecule has 0 aliphatic carbocycles. The minimum absolute atomic E-state index is 0.0215. The van der Waals surface area contributed by atoms with Gasteiger partial charge in [-0.25, -0.2) is 17.2 Å². The smallest absolute Gasteiger partial charge is 0.246 e. The summed E-state index contributed by atoms with van der Waals surface area (Å²) in [6.45, 7) is 0.207. The number of sulfonamides is 1. The van der Waals surface area contributed by atoms with Gasteiger partial charge in [-0.1, -0.05) is 0 Å². The van der Waals surface area contributed by atoms with Crippen LogP contribution >= 0.6 is 0 Å². The van der Waals surface area contributed by atoms with E-state index in [0.29, 0.717) is 18.5 Å². The maximum absolute atomic E-state index is 13.7. The van der Waals surface area contributed by atoms with E-state index in [-0.39, 0.29) is 29.6 Å². The highest BCUT2D eigenvalue weighted by Crippen LogP contribution is 2.31. The van der Waals surface area contributed by atoms with Crippen molar-refractivity contribution in [3.05, 3.63) is 54.1 Å². The lowest BCUT2D eigenvalue weighted by Crippen LogP contribution is -2.46. The first-order valence-electron chi connectivity index (χ1n) is 9.11. The largest absolute Gasteiger partial charge is 0.495 e. The Hall–Kier alpha value is -2.52. The minimum atomic E-state index is -4.04. The third-order valence-electron chi connectivity index (χ3n) is 5.02. The third kappa shape index (κ3) is 4.40. The van der Waals surface area contributed by atoms with E-state index >= 15 is 0 Å². The summed E-state index contributed by atoms with van der Waals surface area (Å²) in [6.07, 6.45) is 1.02. The second-order valence-corrected chi connectivity index (χ2v) is 8.78. The summed E-state index contributed by atoms with van der Waals surface area (Å²) < 4.78 is 59.2. The first-order valence-corrected chi connectivity index (χ1v) is 10.5. The molecule has 1 unspecified atom stereocenters. The quantitative estimate of drug-likeness (QED) is 0.740. The Morgan fingerprint density at radius 2 is 1.79 bits per heavy atom. The van der Waals surface area contributed by atoms with Crippen LogP contribution < -0.4 is 9.64 Å². The molecule has 156 valence electrons. The van der Waals surface area contributed by atoms with Crippen LogP contribution in [0.1, 0.15) is 12.8 Å². The number of carbonyl (C=O) groups is 1. The van der Waals surface area contributed by atoms with Crippen molar-refractivity contribution in [2.45, 2.75) is 17.7 Å². The molecule has 0 bridgehead atoms. The molecule has 0 spiro atoms. The number of anilines is 1. The van der Waals surface area contributed by atoms with E-state index in [0.717, 1.165) is 12.1 Å². The first kappa shape index (κ1) is 21.2. The lowest BCUT2D eigenvalue weighted by Gasteiger charge is -2.33. The number of ether oxygens (including phenoxy) is 1. The van der Waals surface area contributed by atoms with Crippen LogP contribution in [0.25, 0.3) is 0 Å². The summed E-state index contributed by atoms with van der Waals surface area (Å²) >= 11 is 0. The second-order valence-electron chi connectivity index (χ2n) is 6.87. The van der Waals surface area contributed by atoms with Crippen LogP contribution in [0.2, 0.25) is 0 Å². The summed E-state index contributed by atoms with van der Waals surface area (Å²) in [5.41, 5.74) is 0.517. The SMILES string of the molecule is COc1ccc(F)cc1S(=O)(=O)N1CCCC(C(=O)N(C)c2ccc(F)cc2)C1. The number of piperidine rings is 1. The number of benzene rings is 2. The molecule has 2 aromatic rings. The highest BCUT2D eigenvalue weighted by atomic mass is 32.2. The Morgan fingerprint density at radius 3 is 2.45 bits per heavy atom. The summed E-state index contributed by atoms with van der Waals surface area (Å²) in [4.78, 5) is 14.0. The van der Waals surface area contributed by atoms with E-state index in [1.807, 2.05) is 0 Å². The molecule has 1 fully saturated rings. The van der Waals surface area contributed by atoms with Crippen molar-refractivity contribution >= 4 is 21.6 Å². The molecule has 1 aliphatic rings. The van der Waals surface area contributed by atoms with Crippen molar-refractivity contribution < 1.29 is 26.7 Å². The van der Waals surface area contributed by atoms with Gasteiger partial charge in [-0.3, -0.25) is 4.79 Å². The molecule has 0 saturated carbocycles. The van der Waals surface area contributed by atoms with Gasteiger partial charge in [0.1, 0.15) is 22.3 Å². The standard InChI is InChI=1S/C20H22F2N2O4S/c1-23(17-8-5-15(21)6-9-17)20(25)14-4-3-11-24(13-14)29(26,27)19-12-16(22)7-10-18(19)28-2/h5-10,12,14H,3-4,11,13H2,1-2H3. The predicted octanol–water partition coefficient (Wildman–Crippen LogP) is 3.04. The molecule has 0 aromatic heterocycles. The zero-order chi connectivity index (χ0) is 21.2. The van der Waals surface area contributed by atoms with Gasteiger partial charge in [-0.15, -0.1) is 0 Å². The van der Waals surface area contributed by atoms with E-state index in [4.69, 9.17) is 4.74 Å². The monoisotopic (exact) mass is 424 g/mol. The minimum Gasteiger partial charge on any atom is -0.495 e. The van der Waals surface area contributed by atoms with Crippen molar-refractivity contribution in [2.75, 3.05) is 32.1 Å². The molecular weight excluding hydrogens is 402 g/mol. The van der Waals surface area contributed by atoms with Crippen molar-refractivity contribution in [2.24, 2.45) is 5.92 Å². The lowest BCUT2D eigenvalue weighted by atomic mass is 9.98. The predicted molar refractivity (Wildman–Crippen MR) is 104 cm³/mol. The third-order valence-corrected chi connectivity index (χ3v) is 6.91. The molecule has 1 amide bonds. The Bertz CT molecular complexity index is 996. The van der Waals surface area contributed by atoms with Crippen molar-refractivity contribution in [1.82, 2.24) is 4.31 Å². The van der Waals surface area contributed by atoms with E-state index < -0.39 is 27.6 Å². The number of carbonyl (C=O) groups excluding carboxylic acids is 1. The summed E-state index contributed by atoms with van der Waals surface area (Å²) in [7, 11) is -1.16. The highest BCUT2D eigenvalue weighted by molar-refractivity contribution is 7.89. The van der Waals surface area contributed by atoms with Gasteiger partial charge in [0, 0.05) is 25.8 Å². The van der Waals surface area contributed by atoms with Crippen LogP contribution in [-0.4, -0.2) is 45.9 Å². The normalized spacial score (nSPS) is 17.7. The van der Waals surface area contributed by atoms with Gasteiger partial charge in [0.05, 0.1) is 13.0 Å². The van der Waals surface area contributed by atoms with Gasteiger partial charge < -0.3 is 9.64 Å². The van der Waals surface area contributed by atoms with Gasteiger partial charge in [0.2, 0.25) is 15.9 Å². The van der Waals surface area contributed by atoms with Crippen molar-refractivity contribution in [1.29, 1.82) is 0 Å². The molecule has 1 heterocycles. The number of methoxy groups -OCH3 is 1. The number of nitrogens with zero attached hydrogens (tertiary/aromatic N) is 2. The van der Waals surface area contributed by atoms with E-state index in [2.05, 4.69) is 0 Å². The van der Waals surface area contributed by atoms with Crippen LogP contribution in [0.5, 0.6) is 5.75 Å². The second kappa shape index (κ2) is 8.46. The van der Waals surface area contributed by atoms with Gasteiger partial charge in [-0.2, -0.15) is 4.31 Å². The summed E-state index contributed by atoms with van der Waals surface area (Å²) in [5, 5.41) is 0. The molecule has 2 aromatic carbocycles. The average molecular weight is 424 g/mol. The molecule has 3 rings (SSSR count). The van der Waals surface area contributed by atoms with Crippen LogP contribution in [-0.2, 0) is 14.8 Å². The Balaban J connectivity index is 1.82. The molecule has 1 saturated heterocycles. The zero-order valence-electron chi connectivity index (χ0n) is 16.1. The van der Waals surface area contributed by atoms with Crippen LogP contribution in [0.3, 0.4) is 0 Å². The molecule has 9 heteroatoms. The molecule has 29 heavy (non-hydrogen) atoms. The van der Waals surface area contributed by atoms with E-state index in [9.17, 15) is 22.0 Å². The lowest BCUT2D eigenvalue weighted by molar-refractivity contribution is -0.123. The number of hydrogen-bond acceptors (Lipinski definition) is 4. The molecule has 1 atom stereocenters. The van der Waals surface area contributed by atoms with Gasteiger partial charge >= 0.3 is 0 Å². The Labute approximate surface area is 168 Å². The van der Waals surface area contributed by atoms with Gasteiger partial charge in [0.15, 0.2) is 0 Å². The molecule has 0 radical (unpaired) electrons. The summed E-state index contributed by atoms with van der Waals surface area (Å²) in [6, 6.07) is 8.80. The topological polar surface area (TPSA) is 66.9 Å². The van der Waals surface area contributed by atoms with E-state index in [1.54, 1.807) is 7.05 Å². The van der Waals surface area contributed by atoms with Gasteiger partial charge in [-0.05, 0) is 55.3 Å².